The molecule has 0 spiro atoms. The normalized spacial score (nSPS) is 10.1. The number of amides is 2. The van der Waals surface area contributed by atoms with Crippen molar-refractivity contribution in [3.63, 3.8) is 0 Å². The van der Waals surface area contributed by atoms with Crippen LogP contribution in [0.15, 0.2) is 24.3 Å². The molecule has 21 heavy (non-hydrogen) atoms. The van der Waals surface area contributed by atoms with Crippen LogP contribution in [0.2, 0.25) is 0 Å². The highest BCUT2D eigenvalue weighted by Gasteiger charge is 2.02. The lowest BCUT2D eigenvalue weighted by molar-refractivity contribution is -0.121. The van der Waals surface area contributed by atoms with Crippen molar-refractivity contribution in [2.75, 3.05) is 7.11 Å². The smallest absolute Gasteiger partial charge is 0.220 e. The van der Waals surface area contributed by atoms with E-state index in [1.54, 1.807) is 7.11 Å². The Hall–Kier alpha value is -2.04. The molecular weight excluding hydrogens is 268 g/mol. The predicted molar refractivity (Wildman–Crippen MR) is 81.7 cm³/mol. The second-order valence-electron chi connectivity index (χ2n) is 5.01. The van der Waals surface area contributed by atoms with Crippen LogP contribution in [0.25, 0.3) is 0 Å². The van der Waals surface area contributed by atoms with E-state index >= 15 is 0 Å². The molecule has 0 bridgehead atoms. The molecule has 0 heterocycles. The number of rotatable bonds is 10. The molecule has 0 fully saturated rings. The number of carbonyl (C=O) groups excluding carboxylic acids is 2. The predicted octanol–water partition coefficient (Wildman–Crippen LogP) is 2.14. The number of hydrogen-bond acceptors (Lipinski definition) is 3. The molecule has 0 aliphatic heterocycles. The highest BCUT2D eigenvalue weighted by molar-refractivity contribution is 5.75. The van der Waals surface area contributed by atoms with Crippen molar-refractivity contribution >= 4 is 11.8 Å². The topological polar surface area (TPSA) is 81.4 Å². The third-order valence-electron chi connectivity index (χ3n) is 3.23. The van der Waals surface area contributed by atoms with Crippen molar-refractivity contribution in [3.8, 4) is 5.75 Å². The van der Waals surface area contributed by atoms with E-state index in [2.05, 4.69) is 5.32 Å². The van der Waals surface area contributed by atoms with E-state index in [0.717, 1.165) is 37.0 Å². The Labute approximate surface area is 125 Å². The molecule has 0 saturated heterocycles. The quantitative estimate of drug-likeness (QED) is 0.648. The van der Waals surface area contributed by atoms with Crippen LogP contribution in [-0.4, -0.2) is 18.9 Å². The highest BCUT2D eigenvalue weighted by atomic mass is 16.5. The largest absolute Gasteiger partial charge is 0.497 e. The molecule has 3 N–H and O–H groups in total. The fraction of sp³-hybridized carbons (Fsp3) is 0.500. The minimum absolute atomic E-state index is 0.0562. The lowest BCUT2D eigenvalue weighted by Crippen LogP contribution is -2.22. The van der Waals surface area contributed by atoms with Crippen molar-refractivity contribution in [1.82, 2.24) is 5.32 Å². The number of ether oxygens (including phenoxy) is 1. The summed E-state index contributed by atoms with van der Waals surface area (Å²) in [6, 6.07) is 7.62. The first-order valence-electron chi connectivity index (χ1n) is 7.29. The van der Waals surface area contributed by atoms with Crippen LogP contribution in [0.3, 0.4) is 0 Å². The Morgan fingerprint density at radius 2 is 1.67 bits per heavy atom. The molecular formula is C16H24N2O3. The Kier molecular flexibility index (Phi) is 7.94. The van der Waals surface area contributed by atoms with Gasteiger partial charge in [-0.05, 0) is 30.5 Å². The van der Waals surface area contributed by atoms with Gasteiger partial charge >= 0.3 is 0 Å². The van der Waals surface area contributed by atoms with E-state index in [1.165, 1.54) is 0 Å². The molecule has 0 atom stereocenters. The van der Waals surface area contributed by atoms with E-state index in [-0.39, 0.29) is 11.8 Å². The summed E-state index contributed by atoms with van der Waals surface area (Å²) >= 11 is 0. The number of primary amides is 1. The first-order chi connectivity index (χ1) is 10.1. The summed E-state index contributed by atoms with van der Waals surface area (Å²) in [6.07, 6.45) is 4.49. The monoisotopic (exact) mass is 292 g/mol. The zero-order valence-electron chi connectivity index (χ0n) is 12.6. The van der Waals surface area contributed by atoms with Crippen molar-refractivity contribution in [3.05, 3.63) is 29.8 Å². The first kappa shape index (κ1) is 17.0. The zero-order chi connectivity index (χ0) is 15.5. The van der Waals surface area contributed by atoms with E-state index in [4.69, 9.17) is 10.5 Å². The number of nitrogens with two attached hydrogens (primary N) is 1. The molecule has 1 rings (SSSR count). The molecule has 5 heteroatoms. The van der Waals surface area contributed by atoms with Gasteiger partial charge in [0.1, 0.15) is 5.75 Å². The summed E-state index contributed by atoms with van der Waals surface area (Å²) in [5.74, 6) is 0.606. The summed E-state index contributed by atoms with van der Waals surface area (Å²) in [7, 11) is 1.63. The Morgan fingerprint density at radius 3 is 2.24 bits per heavy atom. The summed E-state index contributed by atoms with van der Waals surface area (Å²) in [4.78, 5) is 22.2. The Bertz CT molecular complexity index is 443. The molecule has 0 aromatic heterocycles. The number of benzene rings is 1. The van der Waals surface area contributed by atoms with Gasteiger partial charge in [-0.2, -0.15) is 0 Å². The first-order valence-corrected chi connectivity index (χ1v) is 7.29. The number of unbranched alkanes of at least 4 members (excludes halogenated alkanes) is 3. The molecule has 0 saturated carbocycles. The van der Waals surface area contributed by atoms with Gasteiger partial charge in [0.25, 0.3) is 0 Å². The van der Waals surface area contributed by atoms with Crippen LogP contribution in [0.4, 0.5) is 0 Å². The van der Waals surface area contributed by atoms with Gasteiger partial charge in [-0.25, -0.2) is 0 Å². The maximum atomic E-state index is 11.7. The molecule has 0 radical (unpaired) electrons. The second-order valence-corrected chi connectivity index (χ2v) is 5.01. The van der Waals surface area contributed by atoms with Crippen molar-refractivity contribution < 1.29 is 14.3 Å². The minimum Gasteiger partial charge on any atom is -0.497 e. The van der Waals surface area contributed by atoms with Crippen LogP contribution in [-0.2, 0) is 16.1 Å². The maximum Gasteiger partial charge on any atom is 0.220 e. The van der Waals surface area contributed by atoms with E-state index in [1.807, 2.05) is 24.3 Å². The van der Waals surface area contributed by atoms with E-state index in [9.17, 15) is 9.59 Å². The SMILES string of the molecule is COc1ccc(CNC(=O)CCCCCCC(N)=O)cc1. The molecule has 116 valence electrons. The van der Waals surface area contributed by atoms with Crippen LogP contribution in [0, 0.1) is 0 Å². The van der Waals surface area contributed by atoms with Crippen LogP contribution < -0.4 is 15.8 Å². The molecule has 1 aromatic rings. The van der Waals surface area contributed by atoms with Gasteiger partial charge in [0.05, 0.1) is 7.11 Å². The summed E-state index contributed by atoms with van der Waals surface area (Å²) < 4.78 is 5.08. The zero-order valence-corrected chi connectivity index (χ0v) is 12.6. The standard InChI is InChI=1S/C16H24N2O3/c1-21-14-10-8-13(9-11-14)12-18-16(20)7-5-3-2-4-6-15(17)19/h8-11H,2-7,12H2,1H3,(H2,17,19)(H,18,20). The molecule has 2 amide bonds. The van der Waals surface area contributed by atoms with Gasteiger partial charge in [0.15, 0.2) is 0 Å². The highest BCUT2D eigenvalue weighted by Crippen LogP contribution is 2.11. The van der Waals surface area contributed by atoms with Crippen molar-refractivity contribution in [2.24, 2.45) is 5.73 Å². The molecule has 5 nitrogen and oxygen atoms in total. The third kappa shape index (κ3) is 7.97. The molecule has 1 aromatic carbocycles. The number of methoxy groups -OCH3 is 1. The summed E-state index contributed by atoms with van der Waals surface area (Å²) in [5.41, 5.74) is 6.10. The fourth-order valence-electron chi connectivity index (χ4n) is 1.97. The maximum absolute atomic E-state index is 11.7. The van der Waals surface area contributed by atoms with Gasteiger partial charge in [-0.15, -0.1) is 0 Å². The molecule has 0 aliphatic rings. The molecule has 0 aliphatic carbocycles. The van der Waals surface area contributed by atoms with Crippen molar-refractivity contribution in [2.45, 2.75) is 45.1 Å². The van der Waals surface area contributed by atoms with Crippen LogP contribution >= 0.6 is 0 Å². The number of carbonyl (C=O) groups is 2. The van der Waals surface area contributed by atoms with Crippen molar-refractivity contribution in [1.29, 1.82) is 0 Å². The lowest BCUT2D eigenvalue weighted by atomic mass is 10.1. The van der Waals surface area contributed by atoms with Gasteiger partial charge in [0.2, 0.25) is 11.8 Å². The lowest BCUT2D eigenvalue weighted by Gasteiger charge is -2.06. The summed E-state index contributed by atoms with van der Waals surface area (Å²) in [5, 5.41) is 2.89. The average Bonchev–Trinajstić information content (AvgIpc) is 2.49. The Balaban J connectivity index is 2.09. The number of hydrogen-bond donors (Lipinski definition) is 2. The van der Waals surface area contributed by atoms with Gasteiger partial charge in [-0.3, -0.25) is 9.59 Å². The van der Waals surface area contributed by atoms with E-state index in [0.29, 0.717) is 19.4 Å². The third-order valence-corrected chi connectivity index (χ3v) is 3.23. The average molecular weight is 292 g/mol. The van der Waals surface area contributed by atoms with Gasteiger partial charge < -0.3 is 15.8 Å². The van der Waals surface area contributed by atoms with E-state index < -0.39 is 0 Å². The van der Waals surface area contributed by atoms with Gasteiger partial charge in [0, 0.05) is 19.4 Å². The summed E-state index contributed by atoms with van der Waals surface area (Å²) in [6.45, 7) is 0.532. The number of nitrogens with one attached hydrogen (secondary N) is 1. The van der Waals surface area contributed by atoms with Gasteiger partial charge in [-0.1, -0.05) is 25.0 Å². The van der Waals surface area contributed by atoms with Crippen LogP contribution in [0.5, 0.6) is 5.75 Å². The minimum atomic E-state index is -0.257. The second kappa shape index (κ2) is 9.80. The Morgan fingerprint density at radius 1 is 1.05 bits per heavy atom. The van der Waals surface area contributed by atoms with Crippen LogP contribution in [0.1, 0.15) is 44.1 Å². The molecule has 0 unspecified atom stereocenters. The fourth-order valence-corrected chi connectivity index (χ4v) is 1.97.